The van der Waals surface area contributed by atoms with Crippen molar-refractivity contribution in [3.8, 4) is 0 Å². The van der Waals surface area contributed by atoms with Gasteiger partial charge in [0.1, 0.15) is 0 Å². The Bertz CT molecular complexity index is 340. The van der Waals surface area contributed by atoms with Gasteiger partial charge in [-0.05, 0) is 52.2 Å². The zero-order valence-corrected chi connectivity index (χ0v) is 13.4. The van der Waals surface area contributed by atoms with Gasteiger partial charge in [0.2, 0.25) is 5.91 Å². The van der Waals surface area contributed by atoms with Crippen LogP contribution in [0.5, 0.6) is 0 Å². The largest absolute Gasteiger partial charge is 0.392 e. The molecule has 5 heteroatoms. The maximum Gasteiger partial charge on any atom is 0.235 e. The lowest BCUT2D eigenvalue weighted by Gasteiger charge is -2.35. The maximum absolute atomic E-state index is 12.5. The number of amides is 1. The molecular formula is C14H27N3OS. The molecule has 1 aliphatic heterocycles. The highest BCUT2D eigenvalue weighted by Gasteiger charge is 2.37. The standard InChI is InChI=1S/C14H27N3OS/c1-5-14(2,12(15)19)13(18)17(4)10-11-6-8-16(3)9-7-11/h11H,5-10H2,1-4H3,(H2,15,19). The Morgan fingerprint density at radius 3 is 2.42 bits per heavy atom. The quantitative estimate of drug-likeness (QED) is 0.778. The van der Waals surface area contributed by atoms with Crippen molar-refractivity contribution in [1.82, 2.24) is 9.80 Å². The lowest BCUT2D eigenvalue weighted by atomic mass is 9.85. The van der Waals surface area contributed by atoms with E-state index < -0.39 is 5.41 Å². The third-order valence-corrected chi connectivity index (χ3v) is 4.89. The van der Waals surface area contributed by atoms with Crippen molar-refractivity contribution in [2.24, 2.45) is 17.1 Å². The van der Waals surface area contributed by atoms with Crippen LogP contribution in [-0.2, 0) is 4.79 Å². The van der Waals surface area contributed by atoms with Crippen LogP contribution in [0.15, 0.2) is 0 Å². The molecule has 0 aliphatic carbocycles. The number of likely N-dealkylation sites (tertiary alicyclic amines) is 1. The molecule has 1 amide bonds. The molecule has 0 aromatic carbocycles. The minimum atomic E-state index is -0.699. The van der Waals surface area contributed by atoms with Crippen molar-refractivity contribution in [2.75, 3.05) is 33.7 Å². The molecule has 19 heavy (non-hydrogen) atoms. The third kappa shape index (κ3) is 3.89. The van der Waals surface area contributed by atoms with Crippen LogP contribution in [-0.4, -0.2) is 54.4 Å². The lowest BCUT2D eigenvalue weighted by Crippen LogP contribution is -2.49. The fourth-order valence-corrected chi connectivity index (χ4v) is 2.80. The van der Waals surface area contributed by atoms with Crippen molar-refractivity contribution in [2.45, 2.75) is 33.1 Å². The normalized spacial score (nSPS) is 20.8. The van der Waals surface area contributed by atoms with Gasteiger partial charge in [0.15, 0.2) is 0 Å². The molecule has 110 valence electrons. The number of hydrogen-bond acceptors (Lipinski definition) is 3. The molecule has 1 fully saturated rings. The zero-order chi connectivity index (χ0) is 14.6. The van der Waals surface area contributed by atoms with Crippen LogP contribution in [0.3, 0.4) is 0 Å². The first kappa shape index (κ1) is 16.4. The maximum atomic E-state index is 12.5. The van der Waals surface area contributed by atoms with E-state index in [1.165, 1.54) is 0 Å². The van der Waals surface area contributed by atoms with Crippen molar-refractivity contribution >= 4 is 23.1 Å². The predicted octanol–water partition coefficient (Wildman–Crippen LogP) is 1.49. The average molecular weight is 285 g/mol. The number of carbonyl (C=O) groups excluding carboxylic acids is 1. The van der Waals surface area contributed by atoms with Gasteiger partial charge < -0.3 is 15.5 Å². The van der Waals surface area contributed by atoms with Gasteiger partial charge in [0.25, 0.3) is 0 Å². The van der Waals surface area contributed by atoms with Crippen molar-refractivity contribution in [3.05, 3.63) is 0 Å². The fraction of sp³-hybridized carbons (Fsp3) is 0.857. The first-order valence-electron chi connectivity index (χ1n) is 7.05. The summed E-state index contributed by atoms with van der Waals surface area (Å²) in [7, 11) is 4.01. The summed E-state index contributed by atoms with van der Waals surface area (Å²) < 4.78 is 0. The molecule has 1 saturated heterocycles. The summed E-state index contributed by atoms with van der Waals surface area (Å²) in [5.41, 5.74) is 5.05. The molecule has 1 aliphatic rings. The Morgan fingerprint density at radius 1 is 1.47 bits per heavy atom. The van der Waals surface area contributed by atoms with Crippen LogP contribution >= 0.6 is 12.2 Å². The second-order valence-corrected chi connectivity index (χ2v) is 6.42. The second-order valence-electron chi connectivity index (χ2n) is 5.98. The first-order chi connectivity index (χ1) is 8.81. The Kier molecular flexibility index (Phi) is 5.74. The monoisotopic (exact) mass is 285 g/mol. The second kappa shape index (κ2) is 6.66. The highest BCUT2D eigenvalue weighted by atomic mass is 32.1. The molecular weight excluding hydrogens is 258 g/mol. The summed E-state index contributed by atoms with van der Waals surface area (Å²) >= 11 is 5.07. The smallest absolute Gasteiger partial charge is 0.235 e. The van der Waals surface area contributed by atoms with E-state index in [2.05, 4.69) is 11.9 Å². The zero-order valence-electron chi connectivity index (χ0n) is 12.6. The molecule has 0 saturated carbocycles. The SMILES string of the molecule is CCC(C)(C(=O)N(C)CC1CCN(C)CC1)C(N)=S. The summed E-state index contributed by atoms with van der Waals surface area (Å²) in [6.45, 7) is 6.86. The molecule has 1 heterocycles. The minimum absolute atomic E-state index is 0.0569. The van der Waals surface area contributed by atoms with E-state index in [1.807, 2.05) is 25.8 Å². The molecule has 0 aromatic rings. The predicted molar refractivity (Wildman–Crippen MR) is 83.0 cm³/mol. The number of piperidine rings is 1. The molecule has 2 N–H and O–H groups in total. The molecule has 1 unspecified atom stereocenters. The number of nitrogens with zero attached hydrogens (tertiary/aromatic N) is 2. The van der Waals surface area contributed by atoms with Crippen LogP contribution < -0.4 is 5.73 Å². The Balaban J connectivity index is 2.59. The lowest BCUT2D eigenvalue weighted by molar-refractivity contribution is -0.137. The molecule has 1 rings (SSSR count). The molecule has 0 spiro atoms. The topological polar surface area (TPSA) is 49.6 Å². The summed E-state index contributed by atoms with van der Waals surface area (Å²) in [6.07, 6.45) is 2.97. The highest BCUT2D eigenvalue weighted by molar-refractivity contribution is 7.80. The van der Waals surface area contributed by atoms with Gasteiger partial charge in [-0.3, -0.25) is 4.79 Å². The fourth-order valence-electron chi connectivity index (χ4n) is 2.57. The van der Waals surface area contributed by atoms with E-state index in [0.29, 0.717) is 17.3 Å². The number of rotatable bonds is 5. The number of thiocarbonyl (C=S) groups is 1. The van der Waals surface area contributed by atoms with Crippen LogP contribution in [0.4, 0.5) is 0 Å². The molecule has 0 radical (unpaired) electrons. The molecule has 4 nitrogen and oxygen atoms in total. The van der Waals surface area contributed by atoms with E-state index in [4.69, 9.17) is 18.0 Å². The van der Waals surface area contributed by atoms with Crippen LogP contribution in [0.1, 0.15) is 33.1 Å². The van der Waals surface area contributed by atoms with Gasteiger partial charge in [-0.25, -0.2) is 0 Å². The van der Waals surface area contributed by atoms with Gasteiger partial charge >= 0.3 is 0 Å². The number of carbonyl (C=O) groups is 1. The highest BCUT2D eigenvalue weighted by Crippen LogP contribution is 2.26. The van der Waals surface area contributed by atoms with E-state index in [-0.39, 0.29) is 5.91 Å². The van der Waals surface area contributed by atoms with Gasteiger partial charge in [-0.1, -0.05) is 19.1 Å². The van der Waals surface area contributed by atoms with E-state index >= 15 is 0 Å². The molecule has 0 aromatic heterocycles. The first-order valence-corrected chi connectivity index (χ1v) is 7.46. The van der Waals surface area contributed by atoms with Crippen molar-refractivity contribution < 1.29 is 4.79 Å². The summed E-state index contributed by atoms with van der Waals surface area (Å²) in [5.74, 6) is 0.652. The Labute approximate surface area is 122 Å². The van der Waals surface area contributed by atoms with Gasteiger partial charge in [-0.15, -0.1) is 0 Å². The summed E-state index contributed by atoms with van der Waals surface area (Å²) in [4.78, 5) is 17.0. The minimum Gasteiger partial charge on any atom is -0.392 e. The number of hydrogen-bond donors (Lipinski definition) is 1. The summed E-state index contributed by atoms with van der Waals surface area (Å²) in [6, 6.07) is 0. The van der Waals surface area contributed by atoms with Crippen LogP contribution in [0.2, 0.25) is 0 Å². The Morgan fingerprint density at radius 2 is 2.00 bits per heavy atom. The average Bonchev–Trinajstić information content (AvgIpc) is 2.39. The van der Waals surface area contributed by atoms with Gasteiger partial charge in [0.05, 0.1) is 10.4 Å². The molecule has 1 atom stereocenters. The van der Waals surface area contributed by atoms with E-state index in [0.717, 1.165) is 32.5 Å². The third-order valence-electron chi connectivity index (χ3n) is 4.44. The van der Waals surface area contributed by atoms with Gasteiger partial charge in [-0.2, -0.15) is 0 Å². The molecule has 0 bridgehead atoms. The summed E-state index contributed by atoms with van der Waals surface area (Å²) in [5, 5.41) is 0. The Hall–Kier alpha value is -0.680. The van der Waals surface area contributed by atoms with Crippen molar-refractivity contribution in [3.63, 3.8) is 0 Å². The van der Waals surface area contributed by atoms with E-state index in [9.17, 15) is 4.79 Å². The van der Waals surface area contributed by atoms with Crippen molar-refractivity contribution in [1.29, 1.82) is 0 Å². The number of nitrogens with two attached hydrogens (primary N) is 1. The van der Waals surface area contributed by atoms with Crippen LogP contribution in [0.25, 0.3) is 0 Å². The van der Waals surface area contributed by atoms with Gasteiger partial charge in [0, 0.05) is 13.6 Å². The van der Waals surface area contributed by atoms with E-state index in [1.54, 1.807) is 0 Å². The van der Waals surface area contributed by atoms with Crippen LogP contribution in [0, 0.1) is 11.3 Å².